The third-order valence-corrected chi connectivity index (χ3v) is 5.38. The Kier molecular flexibility index (Phi) is 6.72. The van der Waals surface area contributed by atoms with Crippen molar-refractivity contribution in [3.05, 3.63) is 64.7 Å². The van der Waals surface area contributed by atoms with Crippen LogP contribution in [0.5, 0.6) is 5.75 Å². The van der Waals surface area contributed by atoms with Gasteiger partial charge in [0.2, 0.25) is 0 Å². The highest BCUT2D eigenvalue weighted by atomic mass is 35.5. The molecule has 0 radical (unpaired) electrons. The van der Waals surface area contributed by atoms with Crippen LogP contribution in [-0.4, -0.2) is 62.6 Å². The van der Waals surface area contributed by atoms with E-state index in [1.165, 1.54) is 5.56 Å². The minimum atomic E-state index is -0.145. The molecule has 144 valence electrons. The van der Waals surface area contributed by atoms with Gasteiger partial charge in [-0.1, -0.05) is 35.9 Å². The van der Waals surface area contributed by atoms with Gasteiger partial charge in [0.05, 0.1) is 23.7 Å². The lowest BCUT2D eigenvalue weighted by Crippen LogP contribution is -2.48. The number of piperazine rings is 1. The molecule has 0 aromatic heterocycles. The predicted octanol–water partition coefficient (Wildman–Crippen LogP) is 3.07. The molecule has 1 saturated heterocycles. The standard InChI is InChI=1S/C21H26ClN3O2/c1-24-11-13-25(14-12-24)20(16-7-9-17(27-2)10-8-16)15-23-21(26)18-5-3-4-6-19(18)22/h3-10,20H,11-15H2,1-2H3,(H,23,26). The Morgan fingerprint density at radius 3 is 2.41 bits per heavy atom. The van der Waals surface area contributed by atoms with Crippen molar-refractivity contribution in [3.63, 3.8) is 0 Å². The Balaban J connectivity index is 1.75. The van der Waals surface area contributed by atoms with Crippen LogP contribution in [0.3, 0.4) is 0 Å². The van der Waals surface area contributed by atoms with E-state index in [1.54, 1.807) is 19.2 Å². The highest BCUT2D eigenvalue weighted by Gasteiger charge is 2.25. The summed E-state index contributed by atoms with van der Waals surface area (Å²) in [6.45, 7) is 4.50. The summed E-state index contributed by atoms with van der Waals surface area (Å²) in [7, 11) is 3.80. The molecule has 1 heterocycles. The highest BCUT2D eigenvalue weighted by molar-refractivity contribution is 6.33. The second-order valence-electron chi connectivity index (χ2n) is 6.82. The van der Waals surface area contributed by atoms with Gasteiger partial charge in [-0.15, -0.1) is 0 Å². The average molecular weight is 388 g/mol. The lowest BCUT2D eigenvalue weighted by molar-refractivity contribution is 0.0886. The van der Waals surface area contributed by atoms with Crippen LogP contribution in [0.25, 0.3) is 0 Å². The van der Waals surface area contributed by atoms with E-state index in [4.69, 9.17) is 16.3 Å². The molecule has 1 unspecified atom stereocenters. The molecule has 1 fully saturated rings. The molecule has 0 spiro atoms. The zero-order valence-electron chi connectivity index (χ0n) is 15.8. The van der Waals surface area contributed by atoms with Crippen LogP contribution in [0.2, 0.25) is 5.02 Å². The minimum absolute atomic E-state index is 0.107. The number of hydrogen-bond donors (Lipinski definition) is 1. The topological polar surface area (TPSA) is 44.8 Å². The molecule has 3 rings (SSSR count). The molecule has 1 atom stereocenters. The van der Waals surface area contributed by atoms with E-state index in [1.807, 2.05) is 24.3 Å². The van der Waals surface area contributed by atoms with E-state index in [-0.39, 0.29) is 11.9 Å². The van der Waals surface area contributed by atoms with Gasteiger partial charge < -0.3 is 15.0 Å². The van der Waals surface area contributed by atoms with Crippen LogP contribution in [0.4, 0.5) is 0 Å². The summed E-state index contributed by atoms with van der Waals surface area (Å²) in [4.78, 5) is 17.3. The smallest absolute Gasteiger partial charge is 0.252 e. The quantitative estimate of drug-likeness (QED) is 0.827. The molecule has 0 bridgehead atoms. The number of amides is 1. The molecule has 1 aliphatic heterocycles. The summed E-state index contributed by atoms with van der Waals surface area (Å²) in [6.07, 6.45) is 0. The lowest BCUT2D eigenvalue weighted by Gasteiger charge is -2.38. The molecular formula is C21H26ClN3O2. The average Bonchev–Trinajstić information content (AvgIpc) is 2.70. The Hall–Kier alpha value is -2.08. The first-order chi connectivity index (χ1) is 13.1. The molecule has 6 heteroatoms. The minimum Gasteiger partial charge on any atom is -0.497 e. The normalized spacial score (nSPS) is 16.7. The van der Waals surface area contributed by atoms with Gasteiger partial charge in [-0.2, -0.15) is 0 Å². The number of nitrogens with zero attached hydrogens (tertiary/aromatic N) is 2. The molecule has 0 aliphatic carbocycles. The molecule has 2 aromatic carbocycles. The van der Waals surface area contributed by atoms with Crippen LogP contribution in [0, 0.1) is 0 Å². The first-order valence-electron chi connectivity index (χ1n) is 9.17. The van der Waals surface area contributed by atoms with Crippen molar-refractivity contribution in [2.45, 2.75) is 6.04 Å². The fraction of sp³-hybridized carbons (Fsp3) is 0.381. The van der Waals surface area contributed by atoms with Gasteiger partial charge in [-0.05, 0) is 36.9 Å². The van der Waals surface area contributed by atoms with E-state index >= 15 is 0 Å². The van der Waals surface area contributed by atoms with Crippen molar-refractivity contribution >= 4 is 17.5 Å². The third kappa shape index (κ3) is 5.01. The summed E-state index contributed by atoms with van der Waals surface area (Å²) in [5.74, 6) is 0.684. The number of nitrogens with one attached hydrogen (secondary N) is 1. The van der Waals surface area contributed by atoms with Crippen molar-refractivity contribution in [3.8, 4) is 5.75 Å². The van der Waals surface area contributed by atoms with E-state index < -0.39 is 0 Å². The van der Waals surface area contributed by atoms with Gasteiger partial charge in [0.15, 0.2) is 0 Å². The molecular weight excluding hydrogens is 362 g/mol. The maximum atomic E-state index is 12.6. The Morgan fingerprint density at radius 2 is 1.78 bits per heavy atom. The fourth-order valence-electron chi connectivity index (χ4n) is 3.35. The first kappa shape index (κ1) is 19.7. The Bertz CT molecular complexity index is 758. The predicted molar refractivity (Wildman–Crippen MR) is 109 cm³/mol. The highest BCUT2D eigenvalue weighted by Crippen LogP contribution is 2.24. The number of likely N-dealkylation sites (N-methyl/N-ethyl adjacent to an activating group) is 1. The number of halogens is 1. The summed E-state index contributed by atoms with van der Waals surface area (Å²) >= 11 is 6.16. The van der Waals surface area contributed by atoms with Crippen molar-refractivity contribution in [2.75, 3.05) is 46.9 Å². The maximum absolute atomic E-state index is 12.6. The van der Waals surface area contributed by atoms with Gasteiger partial charge in [0.1, 0.15) is 5.75 Å². The molecule has 1 amide bonds. The third-order valence-electron chi connectivity index (χ3n) is 5.05. The number of methoxy groups -OCH3 is 1. The zero-order valence-corrected chi connectivity index (χ0v) is 16.6. The van der Waals surface area contributed by atoms with E-state index in [9.17, 15) is 4.79 Å². The van der Waals surface area contributed by atoms with E-state index in [2.05, 4.69) is 34.3 Å². The number of carbonyl (C=O) groups excluding carboxylic acids is 1. The van der Waals surface area contributed by atoms with Gasteiger partial charge in [-0.25, -0.2) is 0 Å². The second-order valence-corrected chi connectivity index (χ2v) is 7.23. The number of ether oxygens (including phenoxy) is 1. The van der Waals surface area contributed by atoms with Gasteiger partial charge in [-0.3, -0.25) is 9.69 Å². The molecule has 5 nitrogen and oxygen atoms in total. The number of hydrogen-bond acceptors (Lipinski definition) is 4. The van der Waals surface area contributed by atoms with Gasteiger partial charge in [0, 0.05) is 32.7 Å². The van der Waals surface area contributed by atoms with E-state index in [0.29, 0.717) is 17.1 Å². The molecule has 27 heavy (non-hydrogen) atoms. The van der Waals surface area contributed by atoms with Gasteiger partial charge in [0.25, 0.3) is 5.91 Å². The summed E-state index contributed by atoms with van der Waals surface area (Å²) < 4.78 is 5.27. The number of benzene rings is 2. The van der Waals surface area contributed by atoms with Crippen molar-refractivity contribution in [1.82, 2.24) is 15.1 Å². The van der Waals surface area contributed by atoms with Crippen molar-refractivity contribution < 1.29 is 9.53 Å². The number of rotatable bonds is 6. The summed E-state index contributed by atoms with van der Waals surface area (Å²) in [5.41, 5.74) is 1.67. The SMILES string of the molecule is COc1ccc(C(CNC(=O)c2ccccc2Cl)N2CCN(C)CC2)cc1. The molecule has 1 N–H and O–H groups in total. The monoisotopic (exact) mass is 387 g/mol. The van der Waals surface area contributed by atoms with Crippen LogP contribution in [0.15, 0.2) is 48.5 Å². The molecule has 0 saturated carbocycles. The fourth-order valence-corrected chi connectivity index (χ4v) is 3.57. The molecule has 1 aliphatic rings. The zero-order chi connectivity index (χ0) is 19.2. The lowest BCUT2D eigenvalue weighted by atomic mass is 10.0. The van der Waals surface area contributed by atoms with E-state index in [0.717, 1.165) is 31.9 Å². The second kappa shape index (κ2) is 9.22. The first-order valence-corrected chi connectivity index (χ1v) is 9.55. The maximum Gasteiger partial charge on any atom is 0.252 e. The summed E-state index contributed by atoms with van der Waals surface area (Å²) in [6, 6.07) is 15.3. The number of carbonyl (C=O) groups is 1. The van der Waals surface area contributed by atoms with Crippen LogP contribution >= 0.6 is 11.6 Å². The van der Waals surface area contributed by atoms with Gasteiger partial charge >= 0.3 is 0 Å². The molecule has 2 aromatic rings. The summed E-state index contributed by atoms with van der Waals surface area (Å²) in [5, 5.41) is 3.53. The van der Waals surface area contributed by atoms with Crippen LogP contribution in [-0.2, 0) is 0 Å². The van der Waals surface area contributed by atoms with Crippen molar-refractivity contribution in [1.29, 1.82) is 0 Å². The van der Waals surface area contributed by atoms with Crippen LogP contribution in [0.1, 0.15) is 22.0 Å². The van der Waals surface area contributed by atoms with Crippen molar-refractivity contribution in [2.24, 2.45) is 0 Å². The largest absolute Gasteiger partial charge is 0.497 e. The Morgan fingerprint density at radius 1 is 1.11 bits per heavy atom. The Labute approximate surface area is 165 Å². The van der Waals surface area contributed by atoms with Crippen LogP contribution < -0.4 is 10.1 Å².